The molecule has 2 aliphatic rings. The molecule has 1 aromatic rings. The van der Waals surface area contributed by atoms with Crippen molar-refractivity contribution in [2.24, 2.45) is 23.5 Å². The highest BCUT2D eigenvalue weighted by atomic mass is 15.2. The zero-order chi connectivity index (χ0) is 11.8. The predicted molar refractivity (Wildman–Crippen MR) is 70.5 cm³/mol. The fraction of sp³-hybridized carbons (Fsp3) is 0.600. The first kappa shape index (κ1) is 11.2. The van der Waals surface area contributed by atoms with Crippen molar-refractivity contribution in [2.45, 2.75) is 25.9 Å². The van der Waals surface area contributed by atoms with E-state index in [1.807, 2.05) is 0 Å². The van der Waals surface area contributed by atoms with Gasteiger partial charge in [-0.3, -0.25) is 4.90 Å². The van der Waals surface area contributed by atoms with Gasteiger partial charge in [0.2, 0.25) is 0 Å². The van der Waals surface area contributed by atoms with Crippen LogP contribution in [0.15, 0.2) is 30.3 Å². The van der Waals surface area contributed by atoms with Crippen molar-refractivity contribution in [3.63, 3.8) is 0 Å². The first-order valence-electron chi connectivity index (χ1n) is 6.76. The Morgan fingerprint density at radius 3 is 2.71 bits per heavy atom. The van der Waals surface area contributed by atoms with Gasteiger partial charge in [0.25, 0.3) is 0 Å². The lowest BCUT2D eigenvalue weighted by atomic mass is 9.90. The number of benzene rings is 1. The van der Waals surface area contributed by atoms with Crippen molar-refractivity contribution in [3.05, 3.63) is 35.9 Å². The molecular weight excluding hydrogens is 208 g/mol. The molecule has 4 unspecified atom stereocenters. The molecule has 2 bridgehead atoms. The van der Waals surface area contributed by atoms with Crippen LogP contribution < -0.4 is 5.73 Å². The standard InChI is InChI=1S/C15H22N2/c1-11-7-13-9-17(10-14(11)15(13)16)8-12-5-3-2-4-6-12/h2-6,11,13-15H,7-10,16H2,1H3. The van der Waals surface area contributed by atoms with E-state index in [9.17, 15) is 0 Å². The van der Waals surface area contributed by atoms with Crippen LogP contribution in [-0.4, -0.2) is 24.0 Å². The molecule has 17 heavy (non-hydrogen) atoms. The van der Waals surface area contributed by atoms with Crippen molar-refractivity contribution in [3.8, 4) is 0 Å². The van der Waals surface area contributed by atoms with Crippen LogP contribution in [0.3, 0.4) is 0 Å². The quantitative estimate of drug-likeness (QED) is 0.843. The number of hydrogen-bond acceptors (Lipinski definition) is 2. The Balaban J connectivity index is 1.68. The number of likely N-dealkylation sites (tertiary alicyclic amines) is 1. The number of rotatable bonds is 2. The second kappa shape index (κ2) is 4.43. The number of piperidine rings is 1. The molecule has 0 amide bonds. The summed E-state index contributed by atoms with van der Waals surface area (Å²) in [5.74, 6) is 2.26. The van der Waals surface area contributed by atoms with E-state index >= 15 is 0 Å². The molecule has 2 fully saturated rings. The van der Waals surface area contributed by atoms with E-state index in [4.69, 9.17) is 5.73 Å². The Bertz CT molecular complexity index is 376. The molecule has 0 spiro atoms. The van der Waals surface area contributed by atoms with Gasteiger partial charge < -0.3 is 5.73 Å². The van der Waals surface area contributed by atoms with E-state index in [0.29, 0.717) is 6.04 Å². The molecule has 0 radical (unpaired) electrons. The highest BCUT2D eigenvalue weighted by molar-refractivity contribution is 5.15. The average Bonchev–Trinajstić information content (AvgIpc) is 2.50. The van der Waals surface area contributed by atoms with E-state index in [2.05, 4.69) is 42.2 Å². The summed E-state index contributed by atoms with van der Waals surface area (Å²) in [6, 6.07) is 11.2. The molecular formula is C15H22N2. The third-order valence-corrected chi connectivity index (χ3v) is 4.65. The fourth-order valence-corrected chi connectivity index (χ4v) is 3.71. The van der Waals surface area contributed by atoms with Crippen LogP contribution in [-0.2, 0) is 6.54 Å². The maximum atomic E-state index is 6.30. The Morgan fingerprint density at radius 2 is 2.00 bits per heavy atom. The first-order valence-corrected chi connectivity index (χ1v) is 6.76. The van der Waals surface area contributed by atoms with Crippen LogP contribution in [0.25, 0.3) is 0 Å². The molecule has 1 aromatic carbocycles. The average molecular weight is 230 g/mol. The molecule has 92 valence electrons. The lowest BCUT2D eigenvalue weighted by molar-refractivity contribution is 0.133. The van der Waals surface area contributed by atoms with Gasteiger partial charge in [-0.15, -0.1) is 0 Å². The second-order valence-electron chi connectivity index (χ2n) is 5.89. The van der Waals surface area contributed by atoms with Crippen LogP contribution in [0, 0.1) is 17.8 Å². The largest absolute Gasteiger partial charge is 0.327 e. The van der Waals surface area contributed by atoms with Gasteiger partial charge in [0.15, 0.2) is 0 Å². The molecule has 1 saturated carbocycles. The molecule has 0 aromatic heterocycles. The van der Waals surface area contributed by atoms with E-state index in [1.165, 1.54) is 25.1 Å². The maximum absolute atomic E-state index is 6.30. The van der Waals surface area contributed by atoms with Gasteiger partial charge in [0.1, 0.15) is 0 Å². The number of nitrogens with zero attached hydrogens (tertiary/aromatic N) is 1. The van der Waals surface area contributed by atoms with Crippen LogP contribution in [0.2, 0.25) is 0 Å². The minimum Gasteiger partial charge on any atom is -0.327 e. The molecule has 2 nitrogen and oxygen atoms in total. The minimum atomic E-state index is 0.456. The summed E-state index contributed by atoms with van der Waals surface area (Å²) in [6.07, 6.45) is 1.33. The van der Waals surface area contributed by atoms with Crippen LogP contribution in [0.1, 0.15) is 18.9 Å². The maximum Gasteiger partial charge on any atom is 0.0233 e. The molecule has 3 rings (SSSR count). The SMILES string of the molecule is CC1CC2CN(Cc3ccccc3)CC1C2N. The second-order valence-corrected chi connectivity index (χ2v) is 5.89. The summed E-state index contributed by atoms with van der Waals surface area (Å²) in [7, 11) is 0. The number of nitrogens with two attached hydrogens (primary N) is 1. The van der Waals surface area contributed by atoms with E-state index in [-0.39, 0.29) is 0 Å². The molecule has 1 aliphatic heterocycles. The molecule has 4 atom stereocenters. The highest BCUT2D eigenvalue weighted by Crippen LogP contribution is 2.40. The Kier molecular flexibility index (Phi) is 2.93. The monoisotopic (exact) mass is 230 g/mol. The van der Waals surface area contributed by atoms with Gasteiger partial charge in [0, 0.05) is 25.7 Å². The topological polar surface area (TPSA) is 29.3 Å². The van der Waals surface area contributed by atoms with Crippen LogP contribution >= 0.6 is 0 Å². The molecule has 2 heteroatoms. The summed E-state index contributed by atoms with van der Waals surface area (Å²) in [5, 5.41) is 0. The van der Waals surface area contributed by atoms with E-state index in [1.54, 1.807) is 0 Å². The van der Waals surface area contributed by atoms with Gasteiger partial charge in [-0.1, -0.05) is 37.3 Å². The molecule has 1 aliphatic carbocycles. The van der Waals surface area contributed by atoms with Crippen molar-refractivity contribution >= 4 is 0 Å². The third-order valence-electron chi connectivity index (χ3n) is 4.65. The predicted octanol–water partition coefficient (Wildman–Crippen LogP) is 2.10. The van der Waals surface area contributed by atoms with Crippen LogP contribution in [0.5, 0.6) is 0 Å². The van der Waals surface area contributed by atoms with Gasteiger partial charge in [-0.25, -0.2) is 0 Å². The van der Waals surface area contributed by atoms with Gasteiger partial charge in [0.05, 0.1) is 0 Å². The summed E-state index contributed by atoms with van der Waals surface area (Å²) in [4.78, 5) is 2.59. The fourth-order valence-electron chi connectivity index (χ4n) is 3.71. The normalized spacial score (nSPS) is 37.3. The Hall–Kier alpha value is -0.860. The highest BCUT2D eigenvalue weighted by Gasteiger charge is 2.43. The van der Waals surface area contributed by atoms with Gasteiger partial charge >= 0.3 is 0 Å². The third kappa shape index (κ3) is 2.12. The molecule has 1 saturated heterocycles. The number of fused-ring (bicyclic) bond motifs is 2. The lowest BCUT2D eigenvalue weighted by Gasteiger charge is -2.36. The van der Waals surface area contributed by atoms with Crippen molar-refractivity contribution in [1.29, 1.82) is 0 Å². The van der Waals surface area contributed by atoms with Gasteiger partial charge in [-0.05, 0) is 29.7 Å². The lowest BCUT2D eigenvalue weighted by Crippen LogP contribution is -2.48. The molecule has 1 heterocycles. The van der Waals surface area contributed by atoms with Gasteiger partial charge in [-0.2, -0.15) is 0 Å². The zero-order valence-electron chi connectivity index (χ0n) is 10.5. The van der Waals surface area contributed by atoms with Crippen molar-refractivity contribution in [1.82, 2.24) is 4.90 Å². The first-order chi connectivity index (χ1) is 8.24. The van der Waals surface area contributed by atoms with Crippen molar-refractivity contribution < 1.29 is 0 Å². The smallest absolute Gasteiger partial charge is 0.0233 e. The summed E-state index contributed by atoms with van der Waals surface area (Å²) in [6.45, 7) is 5.84. The van der Waals surface area contributed by atoms with E-state index in [0.717, 1.165) is 24.3 Å². The zero-order valence-corrected chi connectivity index (χ0v) is 10.5. The molecule has 2 N–H and O–H groups in total. The minimum absolute atomic E-state index is 0.456. The summed E-state index contributed by atoms with van der Waals surface area (Å²) < 4.78 is 0. The van der Waals surface area contributed by atoms with Crippen LogP contribution in [0.4, 0.5) is 0 Å². The van der Waals surface area contributed by atoms with E-state index < -0.39 is 0 Å². The number of hydrogen-bond donors (Lipinski definition) is 1. The summed E-state index contributed by atoms with van der Waals surface area (Å²) >= 11 is 0. The van der Waals surface area contributed by atoms with Crippen molar-refractivity contribution in [2.75, 3.05) is 13.1 Å². The Labute approximate surface area is 104 Å². The Morgan fingerprint density at radius 1 is 1.24 bits per heavy atom. The summed E-state index contributed by atoms with van der Waals surface area (Å²) in [5.41, 5.74) is 7.73.